The third kappa shape index (κ3) is 7.06. The fourth-order valence-corrected chi connectivity index (χ4v) is 1.96. The molecule has 0 aliphatic heterocycles. The molecule has 1 unspecified atom stereocenters. The molecule has 0 fully saturated rings. The van der Waals surface area contributed by atoms with Crippen molar-refractivity contribution in [3.05, 3.63) is 34.9 Å². The van der Waals surface area contributed by atoms with Crippen LogP contribution in [0, 0.1) is 0 Å². The first-order valence-electron chi connectivity index (χ1n) is 6.95. The van der Waals surface area contributed by atoms with Gasteiger partial charge in [0.25, 0.3) is 0 Å². The highest BCUT2D eigenvalue weighted by molar-refractivity contribution is 7.99. The molecule has 112 valence electrons. The Balaban J connectivity index is 2.40. The van der Waals surface area contributed by atoms with Gasteiger partial charge < -0.3 is 10.6 Å². The van der Waals surface area contributed by atoms with Crippen molar-refractivity contribution in [1.29, 1.82) is 0 Å². The fourth-order valence-electron chi connectivity index (χ4n) is 1.61. The van der Waals surface area contributed by atoms with Crippen molar-refractivity contribution >= 4 is 29.3 Å². The summed E-state index contributed by atoms with van der Waals surface area (Å²) in [5, 5.41) is 7.95. The highest BCUT2D eigenvalue weighted by atomic mass is 35.5. The monoisotopic (exact) mass is 313 g/mol. The van der Waals surface area contributed by atoms with E-state index in [9.17, 15) is 0 Å². The molecular weight excluding hydrogens is 290 g/mol. The van der Waals surface area contributed by atoms with Gasteiger partial charge in [0.05, 0.1) is 6.54 Å². The number of hydrogen-bond donors (Lipinski definition) is 2. The zero-order valence-electron chi connectivity index (χ0n) is 12.4. The summed E-state index contributed by atoms with van der Waals surface area (Å²) in [6.07, 6.45) is 3.07. The van der Waals surface area contributed by atoms with Crippen LogP contribution in [-0.2, 0) is 6.42 Å². The Kier molecular flexibility index (Phi) is 8.54. The maximum atomic E-state index is 5.88. The smallest absolute Gasteiger partial charge is 0.191 e. The standard InChI is InChI=1S/C15H24ClN3S/c1-4-17-15(19-11-12(2)20-3)18-10-9-13-5-7-14(16)8-6-13/h5-8,12H,4,9-11H2,1-3H3,(H2,17,18,19). The second-order valence-corrected chi connectivity index (χ2v) is 6.28. The lowest BCUT2D eigenvalue weighted by molar-refractivity contribution is 0.796. The van der Waals surface area contributed by atoms with Crippen molar-refractivity contribution in [2.45, 2.75) is 25.5 Å². The zero-order chi connectivity index (χ0) is 14.8. The summed E-state index contributed by atoms with van der Waals surface area (Å²) >= 11 is 7.71. The molecule has 0 spiro atoms. The van der Waals surface area contributed by atoms with Gasteiger partial charge in [0.15, 0.2) is 5.96 Å². The summed E-state index contributed by atoms with van der Waals surface area (Å²) in [6.45, 7) is 6.83. The first kappa shape index (κ1) is 17.2. The molecule has 0 aromatic heterocycles. The second-order valence-electron chi connectivity index (χ2n) is 4.57. The van der Waals surface area contributed by atoms with Gasteiger partial charge in [-0.05, 0) is 37.3 Å². The first-order valence-corrected chi connectivity index (χ1v) is 8.61. The van der Waals surface area contributed by atoms with Crippen molar-refractivity contribution in [3.8, 4) is 0 Å². The van der Waals surface area contributed by atoms with E-state index in [-0.39, 0.29) is 0 Å². The highest BCUT2D eigenvalue weighted by Crippen LogP contribution is 2.09. The number of aliphatic imine (C=N–C) groups is 1. The molecule has 1 atom stereocenters. The lowest BCUT2D eigenvalue weighted by Gasteiger charge is -2.12. The van der Waals surface area contributed by atoms with Crippen LogP contribution in [0.25, 0.3) is 0 Å². The number of hydrogen-bond acceptors (Lipinski definition) is 2. The number of halogens is 1. The van der Waals surface area contributed by atoms with Crippen LogP contribution in [0.2, 0.25) is 5.02 Å². The fraction of sp³-hybridized carbons (Fsp3) is 0.533. The SMILES string of the molecule is CCNC(=NCC(C)SC)NCCc1ccc(Cl)cc1. The van der Waals surface area contributed by atoms with E-state index in [0.717, 1.165) is 37.0 Å². The Labute approximate surface area is 131 Å². The highest BCUT2D eigenvalue weighted by Gasteiger charge is 2.01. The van der Waals surface area contributed by atoms with E-state index in [4.69, 9.17) is 11.6 Å². The maximum absolute atomic E-state index is 5.88. The summed E-state index contributed by atoms with van der Waals surface area (Å²) in [5.74, 6) is 0.891. The lowest BCUT2D eigenvalue weighted by Crippen LogP contribution is -2.38. The van der Waals surface area contributed by atoms with Gasteiger partial charge in [-0.3, -0.25) is 4.99 Å². The van der Waals surface area contributed by atoms with Gasteiger partial charge in [0.2, 0.25) is 0 Å². The maximum Gasteiger partial charge on any atom is 0.191 e. The molecule has 1 rings (SSSR count). The Hall–Kier alpha value is -0.870. The van der Waals surface area contributed by atoms with E-state index >= 15 is 0 Å². The molecule has 0 aliphatic carbocycles. The minimum Gasteiger partial charge on any atom is -0.357 e. The lowest BCUT2D eigenvalue weighted by atomic mass is 10.1. The van der Waals surface area contributed by atoms with E-state index in [1.807, 2.05) is 23.9 Å². The number of rotatable bonds is 7. The van der Waals surface area contributed by atoms with Crippen LogP contribution in [0.15, 0.2) is 29.3 Å². The van der Waals surface area contributed by atoms with Crippen LogP contribution in [0.4, 0.5) is 0 Å². The third-order valence-electron chi connectivity index (χ3n) is 2.87. The molecular formula is C15H24ClN3S. The normalized spacial score (nSPS) is 13.1. The van der Waals surface area contributed by atoms with Crippen LogP contribution < -0.4 is 10.6 Å². The predicted molar refractivity (Wildman–Crippen MR) is 92.1 cm³/mol. The van der Waals surface area contributed by atoms with Crippen LogP contribution in [0.3, 0.4) is 0 Å². The summed E-state index contributed by atoms with van der Waals surface area (Å²) in [4.78, 5) is 4.58. The first-order chi connectivity index (χ1) is 9.65. The van der Waals surface area contributed by atoms with Gasteiger partial charge in [-0.1, -0.05) is 30.7 Å². The van der Waals surface area contributed by atoms with Gasteiger partial charge >= 0.3 is 0 Å². The molecule has 20 heavy (non-hydrogen) atoms. The number of guanidine groups is 1. The molecule has 0 saturated heterocycles. The van der Waals surface area contributed by atoms with Crippen molar-refractivity contribution in [2.75, 3.05) is 25.9 Å². The van der Waals surface area contributed by atoms with E-state index in [2.05, 4.69) is 47.9 Å². The molecule has 2 N–H and O–H groups in total. The van der Waals surface area contributed by atoms with E-state index in [1.165, 1.54) is 5.56 Å². The van der Waals surface area contributed by atoms with Crippen molar-refractivity contribution < 1.29 is 0 Å². The van der Waals surface area contributed by atoms with E-state index in [0.29, 0.717) is 5.25 Å². The second kappa shape index (κ2) is 9.94. The Morgan fingerprint density at radius 2 is 2.00 bits per heavy atom. The molecule has 0 aliphatic rings. The molecule has 0 radical (unpaired) electrons. The summed E-state index contributed by atoms with van der Waals surface area (Å²) in [7, 11) is 0. The Bertz CT molecular complexity index is 406. The molecule has 1 aromatic carbocycles. The van der Waals surface area contributed by atoms with Gasteiger partial charge in [0.1, 0.15) is 0 Å². The molecule has 0 saturated carbocycles. The van der Waals surface area contributed by atoms with Crippen LogP contribution >= 0.6 is 23.4 Å². The van der Waals surface area contributed by atoms with Gasteiger partial charge in [-0.15, -0.1) is 0 Å². The predicted octanol–water partition coefficient (Wildman–Crippen LogP) is 3.19. The van der Waals surface area contributed by atoms with Crippen molar-refractivity contribution in [3.63, 3.8) is 0 Å². The number of nitrogens with one attached hydrogen (secondary N) is 2. The average Bonchev–Trinajstić information content (AvgIpc) is 2.46. The summed E-state index contributed by atoms with van der Waals surface area (Å²) < 4.78 is 0. The zero-order valence-corrected chi connectivity index (χ0v) is 14.0. The minimum atomic E-state index is 0.543. The minimum absolute atomic E-state index is 0.543. The van der Waals surface area contributed by atoms with Crippen molar-refractivity contribution in [2.24, 2.45) is 4.99 Å². The van der Waals surface area contributed by atoms with Gasteiger partial charge in [-0.2, -0.15) is 11.8 Å². The van der Waals surface area contributed by atoms with Crippen LogP contribution in [-0.4, -0.2) is 37.1 Å². The van der Waals surface area contributed by atoms with Crippen LogP contribution in [0.5, 0.6) is 0 Å². The molecule has 5 heteroatoms. The van der Waals surface area contributed by atoms with Crippen LogP contribution in [0.1, 0.15) is 19.4 Å². The largest absolute Gasteiger partial charge is 0.357 e. The van der Waals surface area contributed by atoms with E-state index in [1.54, 1.807) is 0 Å². The van der Waals surface area contributed by atoms with Gasteiger partial charge in [0, 0.05) is 23.4 Å². The molecule has 1 aromatic rings. The number of thioether (sulfide) groups is 1. The molecule has 0 heterocycles. The third-order valence-corrected chi connectivity index (χ3v) is 4.08. The number of nitrogens with zero attached hydrogens (tertiary/aromatic N) is 1. The van der Waals surface area contributed by atoms with Gasteiger partial charge in [-0.25, -0.2) is 0 Å². The van der Waals surface area contributed by atoms with E-state index < -0.39 is 0 Å². The molecule has 0 bridgehead atoms. The average molecular weight is 314 g/mol. The van der Waals surface area contributed by atoms with Crippen molar-refractivity contribution in [1.82, 2.24) is 10.6 Å². The summed E-state index contributed by atoms with van der Waals surface area (Å²) in [6, 6.07) is 7.97. The topological polar surface area (TPSA) is 36.4 Å². The Morgan fingerprint density at radius 1 is 1.30 bits per heavy atom. The summed E-state index contributed by atoms with van der Waals surface area (Å²) in [5.41, 5.74) is 1.27. The quantitative estimate of drug-likeness (QED) is 0.599. The Morgan fingerprint density at radius 3 is 2.60 bits per heavy atom. The molecule has 3 nitrogen and oxygen atoms in total. The number of benzene rings is 1. The molecule has 0 amide bonds.